The number of rotatable bonds is 6. The van der Waals surface area contributed by atoms with Crippen LogP contribution in [0.15, 0.2) is 0 Å². The Morgan fingerprint density at radius 3 is 2.56 bits per heavy atom. The van der Waals surface area contributed by atoms with Gasteiger partial charge in [0.05, 0.1) is 0 Å². The summed E-state index contributed by atoms with van der Waals surface area (Å²) < 4.78 is 4.81. The third kappa shape index (κ3) is 5.33. The highest BCUT2D eigenvalue weighted by Gasteiger charge is 2.21. The average molecular weight is 259 g/mol. The molecule has 104 valence electrons. The lowest BCUT2D eigenvalue weighted by atomic mass is 10.2. The van der Waals surface area contributed by atoms with Gasteiger partial charge in [0.2, 0.25) is 0 Å². The topological polar surface area (TPSA) is 90.9 Å². The number of hydrogen-bond acceptors (Lipinski definition) is 4. The Hall–Kier alpha value is -1.34. The normalized spacial score (nSPS) is 18.1. The third-order valence-corrected chi connectivity index (χ3v) is 2.83. The minimum atomic E-state index is -1.05. The molecule has 0 aromatic rings. The van der Waals surface area contributed by atoms with Crippen molar-refractivity contribution in [2.75, 3.05) is 26.8 Å². The number of hydrazine groups is 1. The maximum absolute atomic E-state index is 11.6. The standard InChI is InChI=1S/C11H21N3O4/c1-18-8-5-9(10(15)16)12-11(17)13-14-6-3-2-4-7-14/h9H,2-8H2,1H3,(H,15,16)(H2,12,13,17). The van der Waals surface area contributed by atoms with Gasteiger partial charge in [0.1, 0.15) is 6.04 Å². The Morgan fingerprint density at radius 2 is 2.00 bits per heavy atom. The molecule has 0 aromatic heterocycles. The Morgan fingerprint density at radius 1 is 1.33 bits per heavy atom. The van der Waals surface area contributed by atoms with E-state index in [2.05, 4.69) is 10.7 Å². The molecule has 0 saturated carbocycles. The van der Waals surface area contributed by atoms with Gasteiger partial charge in [-0.3, -0.25) is 5.43 Å². The number of carbonyl (C=O) groups is 2. The first-order valence-electron chi connectivity index (χ1n) is 6.17. The van der Waals surface area contributed by atoms with Crippen molar-refractivity contribution in [2.24, 2.45) is 0 Å². The van der Waals surface area contributed by atoms with Crippen LogP contribution >= 0.6 is 0 Å². The first-order valence-corrected chi connectivity index (χ1v) is 6.17. The number of carbonyl (C=O) groups excluding carboxylic acids is 1. The van der Waals surface area contributed by atoms with E-state index in [1.165, 1.54) is 13.5 Å². The highest BCUT2D eigenvalue weighted by atomic mass is 16.5. The molecule has 1 heterocycles. The number of aliphatic carboxylic acids is 1. The second kappa shape index (κ2) is 7.88. The van der Waals surface area contributed by atoms with Crippen LogP contribution in [0.2, 0.25) is 0 Å². The first kappa shape index (κ1) is 14.7. The van der Waals surface area contributed by atoms with Gasteiger partial charge in [-0.05, 0) is 12.8 Å². The summed E-state index contributed by atoms with van der Waals surface area (Å²) in [5.41, 5.74) is 2.66. The molecule has 0 radical (unpaired) electrons. The summed E-state index contributed by atoms with van der Waals surface area (Å²) in [6.45, 7) is 1.91. The molecular weight excluding hydrogens is 238 g/mol. The zero-order valence-corrected chi connectivity index (χ0v) is 10.6. The number of amides is 2. The number of piperidine rings is 1. The van der Waals surface area contributed by atoms with Gasteiger partial charge in [0.15, 0.2) is 0 Å². The number of carboxylic acid groups (broad SMARTS) is 1. The number of carboxylic acids is 1. The van der Waals surface area contributed by atoms with Crippen LogP contribution < -0.4 is 10.7 Å². The summed E-state index contributed by atoms with van der Waals surface area (Å²) in [5.74, 6) is -1.05. The quantitative estimate of drug-likeness (QED) is 0.633. The van der Waals surface area contributed by atoms with Crippen LogP contribution in [0.25, 0.3) is 0 Å². The largest absolute Gasteiger partial charge is 0.480 e. The maximum Gasteiger partial charge on any atom is 0.330 e. The van der Waals surface area contributed by atoms with Crippen molar-refractivity contribution in [3.8, 4) is 0 Å². The molecule has 7 nitrogen and oxygen atoms in total. The van der Waals surface area contributed by atoms with Crippen molar-refractivity contribution in [3.05, 3.63) is 0 Å². The van der Waals surface area contributed by atoms with E-state index in [1.54, 1.807) is 0 Å². The van der Waals surface area contributed by atoms with Crippen LogP contribution in [-0.2, 0) is 9.53 Å². The summed E-state index contributed by atoms with van der Waals surface area (Å²) >= 11 is 0. The Bertz CT molecular complexity index is 279. The lowest BCUT2D eigenvalue weighted by Gasteiger charge is -2.27. The Labute approximate surface area is 106 Å². The predicted molar refractivity (Wildman–Crippen MR) is 65.0 cm³/mol. The van der Waals surface area contributed by atoms with Gasteiger partial charge in [-0.25, -0.2) is 14.6 Å². The van der Waals surface area contributed by atoms with Gasteiger partial charge in [0, 0.05) is 33.2 Å². The summed E-state index contributed by atoms with van der Waals surface area (Å²) in [6.07, 6.45) is 3.52. The van der Waals surface area contributed by atoms with Crippen molar-refractivity contribution in [3.63, 3.8) is 0 Å². The highest BCUT2D eigenvalue weighted by Crippen LogP contribution is 2.05. The number of methoxy groups -OCH3 is 1. The van der Waals surface area contributed by atoms with E-state index < -0.39 is 18.0 Å². The third-order valence-electron chi connectivity index (χ3n) is 2.83. The molecule has 1 atom stereocenters. The van der Waals surface area contributed by atoms with E-state index in [4.69, 9.17) is 9.84 Å². The van der Waals surface area contributed by atoms with Gasteiger partial charge >= 0.3 is 12.0 Å². The SMILES string of the molecule is COCCC(NC(=O)NN1CCCCC1)C(=O)O. The molecule has 1 aliphatic heterocycles. The molecule has 0 aliphatic carbocycles. The zero-order valence-electron chi connectivity index (χ0n) is 10.6. The van der Waals surface area contributed by atoms with Gasteiger partial charge in [-0.15, -0.1) is 0 Å². The van der Waals surface area contributed by atoms with Crippen LogP contribution in [0, 0.1) is 0 Å². The molecule has 1 unspecified atom stereocenters. The molecule has 1 aliphatic rings. The molecule has 3 N–H and O–H groups in total. The number of ether oxygens (including phenoxy) is 1. The van der Waals surface area contributed by atoms with Gasteiger partial charge in [-0.2, -0.15) is 0 Å². The second-order valence-electron chi connectivity index (χ2n) is 4.31. The van der Waals surface area contributed by atoms with Crippen LogP contribution in [0.4, 0.5) is 4.79 Å². The van der Waals surface area contributed by atoms with Gasteiger partial charge in [0.25, 0.3) is 0 Å². The smallest absolute Gasteiger partial charge is 0.330 e. The van der Waals surface area contributed by atoms with Crippen LogP contribution in [-0.4, -0.2) is 55.0 Å². The second-order valence-corrected chi connectivity index (χ2v) is 4.31. The molecule has 1 saturated heterocycles. The fourth-order valence-corrected chi connectivity index (χ4v) is 1.83. The molecular formula is C11H21N3O4. The van der Waals surface area contributed by atoms with E-state index in [9.17, 15) is 9.59 Å². The fourth-order valence-electron chi connectivity index (χ4n) is 1.83. The molecule has 0 bridgehead atoms. The van der Waals surface area contributed by atoms with E-state index in [0.717, 1.165) is 25.9 Å². The predicted octanol–water partition coefficient (Wildman–Crippen LogP) is 0.176. The van der Waals surface area contributed by atoms with E-state index in [-0.39, 0.29) is 6.42 Å². The molecule has 2 amide bonds. The Balaban J connectivity index is 2.32. The Kier molecular flexibility index (Phi) is 6.45. The van der Waals surface area contributed by atoms with Crippen molar-refractivity contribution in [1.82, 2.24) is 15.8 Å². The van der Waals surface area contributed by atoms with Crippen molar-refractivity contribution in [1.29, 1.82) is 0 Å². The first-order chi connectivity index (χ1) is 8.63. The average Bonchev–Trinajstić information content (AvgIpc) is 2.35. The summed E-state index contributed by atoms with van der Waals surface area (Å²) in [4.78, 5) is 22.5. The summed E-state index contributed by atoms with van der Waals surface area (Å²) in [5, 5.41) is 13.2. The number of hydrogen-bond donors (Lipinski definition) is 3. The number of urea groups is 1. The summed E-state index contributed by atoms with van der Waals surface area (Å²) in [6, 6.07) is -1.39. The minimum Gasteiger partial charge on any atom is -0.480 e. The maximum atomic E-state index is 11.6. The van der Waals surface area contributed by atoms with Crippen molar-refractivity contribution in [2.45, 2.75) is 31.7 Å². The lowest BCUT2D eigenvalue weighted by molar-refractivity contribution is -0.139. The van der Waals surface area contributed by atoms with Gasteiger partial charge < -0.3 is 15.2 Å². The van der Waals surface area contributed by atoms with E-state index in [1.807, 2.05) is 5.01 Å². The van der Waals surface area contributed by atoms with E-state index >= 15 is 0 Å². The van der Waals surface area contributed by atoms with Crippen molar-refractivity contribution < 1.29 is 19.4 Å². The molecule has 1 fully saturated rings. The van der Waals surface area contributed by atoms with Gasteiger partial charge in [-0.1, -0.05) is 6.42 Å². The zero-order chi connectivity index (χ0) is 13.4. The van der Waals surface area contributed by atoms with E-state index in [0.29, 0.717) is 6.61 Å². The molecule has 0 aromatic carbocycles. The molecule has 7 heteroatoms. The molecule has 18 heavy (non-hydrogen) atoms. The minimum absolute atomic E-state index is 0.249. The molecule has 1 rings (SSSR count). The molecule has 0 spiro atoms. The fraction of sp³-hybridized carbons (Fsp3) is 0.818. The van der Waals surface area contributed by atoms with Crippen LogP contribution in [0.3, 0.4) is 0 Å². The van der Waals surface area contributed by atoms with Crippen LogP contribution in [0.1, 0.15) is 25.7 Å². The van der Waals surface area contributed by atoms with Crippen LogP contribution in [0.5, 0.6) is 0 Å². The highest BCUT2D eigenvalue weighted by molar-refractivity contribution is 5.82. The number of nitrogens with one attached hydrogen (secondary N) is 2. The summed E-state index contributed by atoms with van der Waals surface area (Å²) in [7, 11) is 1.49. The number of nitrogens with zero attached hydrogens (tertiary/aromatic N) is 1. The monoisotopic (exact) mass is 259 g/mol. The lowest BCUT2D eigenvalue weighted by Crippen LogP contribution is -2.53. The van der Waals surface area contributed by atoms with Crippen molar-refractivity contribution >= 4 is 12.0 Å².